The van der Waals surface area contributed by atoms with E-state index in [1.807, 2.05) is 12.1 Å². The summed E-state index contributed by atoms with van der Waals surface area (Å²) in [6.45, 7) is 7.39. The molecule has 1 unspecified atom stereocenters. The Morgan fingerprint density at radius 1 is 0.659 bits per heavy atom. The van der Waals surface area contributed by atoms with Crippen LogP contribution in [0.1, 0.15) is 44.5 Å². The molecule has 1 atom stereocenters. The Balaban J connectivity index is 1.58. The molecule has 4 nitrogen and oxygen atoms in total. The number of fused-ring (bicyclic) bond motifs is 8. The second kappa shape index (κ2) is 10.7. The molecule has 0 saturated heterocycles. The van der Waals surface area contributed by atoms with Gasteiger partial charge in [0.1, 0.15) is 11.5 Å². The number of ether oxygens (including phenoxy) is 4. The molecule has 0 saturated carbocycles. The topological polar surface area (TPSA) is 36.9 Å². The zero-order valence-electron chi connectivity index (χ0n) is 26.3. The summed E-state index contributed by atoms with van der Waals surface area (Å²) in [5, 5.41) is 2.27. The first-order chi connectivity index (χ1) is 21.3. The third kappa shape index (κ3) is 4.12. The van der Waals surface area contributed by atoms with Crippen LogP contribution in [-0.2, 0) is 20.5 Å². The third-order valence-electron chi connectivity index (χ3n) is 9.42. The Bertz CT molecular complexity index is 1910. The minimum Gasteiger partial charge on any atom is -0.497 e. The molecule has 0 spiro atoms. The molecular formula is C40H38O4. The SMILES string of the molecule is COCC1(COC)c2cc(C)ccc2-c2c1c1c(c3cc(C)ccc23)OC(c2ccc(C)cc2)(c2ccc(OC)cc2)C=C1. The lowest BCUT2D eigenvalue weighted by Gasteiger charge is -2.39. The molecule has 0 N–H and O–H groups in total. The fraction of sp³-hybridized carbons (Fsp3) is 0.250. The predicted octanol–water partition coefficient (Wildman–Crippen LogP) is 8.68. The van der Waals surface area contributed by atoms with E-state index in [1.165, 1.54) is 44.3 Å². The lowest BCUT2D eigenvalue weighted by molar-refractivity contribution is 0.0809. The van der Waals surface area contributed by atoms with Gasteiger partial charge in [-0.1, -0.05) is 89.5 Å². The first kappa shape index (κ1) is 28.4. The lowest BCUT2D eigenvalue weighted by Crippen LogP contribution is -2.38. The van der Waals surface area contributed by atoms with Crippen molar-refractivity contribution in [3.05, 3.63) is 136 Å². The standard InChI is InChI=1S/C40H38O4/c1-25-7-11-28(12-8-25)40(29-13-15-30(43-6)16-14-29)20-19-33-37-36(31-17-9-26(2)21-34(31)38(33)44-40)32-18-10-27(3)22-35(32)39(37,23-41-4)24-42-5/h7-22H,23-24H2,1-6H3. The highest BCUT2D eigenvalue weighted by Crippen LogP contribution is 2.58. The average Bonchev–Trinajstić information content (AvgIpc) is 3.30. The fourth-order valence-electron chi connectivity index (χ4n) is 7.39. The van der Waals surface area contributed by atoms with E-state index in [9.17, 15) is 0 Å². The van der Waals surface area contributed by atoms with Crippen molar-refractivity contribution in [2.24, 2.45) is 0 Å². The normalized spacial score (nSPS) is 17.6. The highest BCUT2D eigenvalue weighted by Gasteiger charge is 2.49. The van der Waals surface area contributed by atoms with Gasteiger partial charge in [-0.15, -0.1) is 0 Å². The van der Waals surface area contributed by atoms with Crippen molar-refractivity contribution in [2.75, 3.05) is 34.5 Å². The van der Waals surface area contributed by atoms with Gasteiger partial charge in [0, 0.05) is 36.3 Å². The fourth-order valence-corrected chi connectivity index (χ4v) is 7.39. The highest BCUT2D eigenvalue weighted by atomic mass is 16.5. The summed E-state index contributed by atoms with van der Waals surface area (Å²) in [5.41, 5.74) is 10.4. The molecule has 0 aromatic heterocycles. The summed E-state index contributed by atoms with van der Waals surface area (Å²) >= 11 is 0. The molecule has 0 radical (unpaired) electrons. The quantitative estimate of drug-likeness (QED) is 0.192. The summed E-state index contributed by atoms with van der Waals surface area (Å²) in [5.74, 6) is 1.69. The zero-order chi connectivity index (χ0) is 30.6. The maximum atomic E-state index is 7.46. The van der Waals surface area contributed by atoms with Crippen LogP contribution in [-0.4, -0.2) is 34.5 Å². The molecule has 5 aromatic rings. The van der Waals surface area contributed by atoms with Crippen molar-refractivity contribution in [1.29, 1.82) is 0 Å². The van der Waals surface area contributed by atoms with Crippen LogP contribution >= 0.6 is 0 Å². The van der Waals surface area contributed by atoms with Gasteiger partial charge in [-0.05, 0) is 72.7 Å². The average molecular weight is 583 g/mol. The first-order valence-electron chi connectivity index (χ1n) is 15.2. The maximum Gasteiger partial charge on any atom is 0.178 e. The number of rotatable bonds is 7. The Morgan fingerprint density at radius 3 is 1.93 bits per heavy atom. The van der Waals surface area contributed by atoms with Crippen LogP contribution in [0.25, 0.3) is 28.0 Å². The number of hydrogen-bond acceptors (Lipinski definition) is 4. The molecule has 2 aliphatic rings. The van der Waals surface area contributed by atoms with Gasteiger partial charge in [-0.25, -0.2) is 0 Å². The molecule has 1 aliphatic heterocycles. The molecular weight excluding hydrogens is 544 g/mol. The van der Waals surface area contributed by atoms with Gasteiger partial charge in [0.2, 0.25) is 0 Å². The number of hydrogen-bond donors (Lipinski definition) is 0. The van der Waals surface area contributed by atoms with Gasteiger partial charge in [0.25, 0.3) is 0 Å². The predicted molar refractivity (Wildman–Crippen MR) is 178 cm³/mol. The zero-order valence-corrected chi connectivity index (χ0v) is 26.3. The van der Waals surface area contributed by atoms with E-state index >= 15 is 0 Å². The van der Waals surface area contributed by atoms with Crippen molar-refractivity contribution in [2.45, 2.75) is 31.8 Å². The first-order valence-corrected chi connectivity index (χ1v) is 15.2. The Kier molecular flexibility index (Phi) is 6.88. The molecule has 4 heteroatoms. The Labute approximate surface area is 259 Å². The molecule has 1 aliphatic carbocycles. The van der Waals surface area contributed by atoms with E-state index in [1.54, 1.807) is 21.3 Å². The summed E-state index contributed by atoms with van der Waals surface area (Å²) in [4.78, 5) is 0. The largest absolute Gasteiger partial charge is 0.497 e. The molecule has 5 aromatic carbocycles. The summed E-state index contributed by atoms with van der Waals surface area (Å²) in [7, 11) is 5.25. The minimum atomic E-state index is -0.842. The van der Waals surface area contributed by atoms with Crippen LogP contribution in [0.15, 0.2) is 91.0 Å². The summed E-state index contributed by atoms with van der Waals surface area (Å²) in [6.07, 6.45) is 4.50. The second-order valence-corrected chi connectivity index (χ2v) is 12.3. The van der Waals surface area contributed by atoms with E-state index in [-0.39, 0.29) is 0 Å². The van der Waals surface area contributed by atoms with Gasteiger partial charge >= 0.3 is 0 Å². The van der Waals surface area contributed by atoms with E-state index in [0.717, 1.165) is 33.6 Å². The third-order valence-corrected chi connectivity index (χ3v) is 9.42. The van der Waals surface area contributed by atoms with Crippen LogP contribution in [0.4, 0.5) is 0 Å². The number of benzene rings is 5. The van der Waals surface area contributed by atoms with Crippen LogP contribution in [0.5, 0.6) is 11.5 Å². The molecule has 0 amide bonds. The van der Waals surface area contributed by atoms with Crippen molar-refractivity contribution < 1.29 is 18.9 Å². The van der Waals surface area contributed by atoms with Crippen molar-refractivity contribution in [1.82, 2.24) is 0 Å². The Morgan fingerprint density at radius 2 is 1.27 bits per heavy atom. The number of methoxy groups -OCH3 is 3. The van der Waals surface area contributed by atoms with Crippen molar-refractivity contribution in [3.8, 4) is 22.6 Å². The van der Waals surface area contributed by atoms with Gasteiger partial charge in [-0.3, -0.25) is 0 Å². The van der Waals surface area contributed by atoms with Crippen LogP contribution in [0.3, 0.4) is 0 Å². The molecule has 1 heterocycles. The number of aryl methyl sites for hydroxylation is 3. The van der Waals surface area contributed by atoms with Gasteiger partial charge < -0.3 is 18.9 Å². The smallest absolute Gasteiger partial charge is 0.178 e. The van der Waals surface area contributed by atoms with Gasteiger partial charge in [0.15, 0.2) is 5.60 Å². The molecule has 44 heavy (non-hydrogen) atoms. The van der Waals surface area contributed by atoms with E-state index in [2.05, 4.69) is 106 Å². The van der Waals surface area contributed by atoms with E-state index in [0.29, 0.717) is 13.2 Å². The highest BCUT2D eigenvalue weighted by molar-refractivity contribution is 6.09. The van der Waals surface area contributed by atoms with Crippen LogP contribution in [0.2, 0.25) is 0 Å². The van der Waals surface area contributed by atoms with Crippen LogP contribution in [0, 0.1) is 20.8 Å². The summed E-state index contributed by atoms with van der Waals surface area (Å²) in [6, 6.07) is 30.4. The van der Waals surface area contributed by atoms with Crippen molar-refractivity contribution in [3.63, 3.8) is 0 Å². The lowest BCUT2D eigenvalue weighted by atomic mass is 9.74. The van der Waals surface area contributed by atoms with E-state index < -0.39 is 11.0 Å². The van der Waals surface area contributed by atoms with Gasteiger partial charge in [0.05, 0.1) is 25.7 Å². The monoisotopic (exact) mass is 582 g/mol. The minimum absolute atomic E-state index is 0.490. The van der Waals surface area contributed by atoms with Crippen molar-refractivity contribution >= 4 is 16.8 Å². The maximum absolute atomic E-state index is 7.46. The van der Waals surface area contributed by atoms with Gasteiger partial charge in [-0.2, -0.15) is 0 Å². The Hall–Kier alpha value is -4.38. The molecule has 0 bridgehead atoms. The molecule has 222 valence electrons. The molecule has 7 rings (SSSR count). The van der Waals surface area contributed by atoms with E-state index in [4.69, 9.17) is 18.9 Å². The van der Waals surface area contributed by atoms with Crippen LogP contribution < -0.4 is 9.47 Å². The molecule has 0 fully saturated rings. The summed E-state index contributed by atoms with van der Waals surface area (Å²) < 4.78 is 25.0. The second-order valence-electron chi connectivity index (χ2n) is 12.3.